The first-order valence-corrected chi connectivity index (χ1v) is 10.1. The van der Waals surface area contributed by atoms with Gasteiger partial charge in [0.25, 0.3) is 0 Å². The van der Waals surface area contributed by atoms with E-state index in [1.807, 2.05) is 25.1 Å². The standard InChI is InChI=1S/C16H23N3O4S/c1-12-11-19(16(20)23-12)15-5-3-4-14(17-15)10-13-6-8-18(9-7-13)24(2,21)22/h3-5,12-13H,6-11H2,1-2H3/t12-/m0/s1. The summed E-state index contributed by atoms with van der Waals surface area (Å²) in [5.74, 6) is 1.03. The maximum absolute atomic E-state index is 11.8. The lowest BCUT2D eigenvalue weighted by Gasteiger charge is -2.30. The number of hydrogen-bond donors (Lipinski definition) is 0. The summed E-state index contributed by atoms with van der Waals surface area (Å²) in [5.41, 5.74) is 0.928. The Balaban J connectivity index is 1.63. The number of nitrogens with zero attached hydrogens (tertiary/aromatic N) is 3. The van der Waals surface area contributed by atoms with Crippen LogP contribution in [0.25, 0.3) is 0 Å². The van der Waals surface area contributed by atoms with Crippen LogP contribution in [-0.2, 0) is 21.2 Å². The van der Waals surface area contributed by atoms with E-state index in [1.165, 1.54) is 10.6 Å². The van der Waals surface area contributed by atoms with E-state index in [4.69, 9.17) is 4.74 Å². The van der Waals surface area contributed by atoms with Crippen LogP contribution in [-0.4, -0.2) is 55.8 Å². The molecule has 2 fully saturated rings. The molecule has 0 unspecified atom stereocenters. The molecule has 132 valence electrons. The van der Waals surface area contributed by atoms with Crippen molar-refractivity contribution in [2.75, 3.05) is 30.8 Å². The summed E-state index contributed by atoms with van der Waals surface area (Å²) in [5, 5.41) is 0. The largest absolute Gasteiger partial charge is 0.444 e. The maximum Gasteiger partial charge on any atom is 0.415 e. The van der Waals surface area contributed by atoms with Crippen molar-refractivity contribution in [2.24, 2.45) is 5.92 Å². The minimum Gasteiger partial charge on any atom is -0.444 e. The number of pyridine rings is 1. The fraction of sp³-hybridized carbons (Fsp3) is 0.625. The number of carbonyl (C=O) groups excluding carboxylic acids is 1. The average molecular weight is 353 g/mol. The highest BCUT2D eigenvalue weighted by atomic mass is 32.2. The highest BCUT2D eigenvalue weighted by molar-refractivity contribution is 7.88. The second-order valence-corrected chi connectivity index (χ2v) is 8.58. The van der Waals surface area contributed by atoms with Crippen molar-refractivity contribution < 1.29 is 17.9 Å². The maximum atomic E-state index is 11.8. The number of ether oxygens (including phenoxy) is 1. The van der Waals surface area contributed by atoms with Crippen LogP contribution in [0.3, 0.4) is 0 Å². The number of amides is 1. The fourth-order valence-electron chi connectivity index (χ4n) is 3.26. The van der Waals surface area contributed by atoms with E-state index in [0.29, 0.717) is 31.4 Å². The van der Waals surface area contributed by atoms with Gasteiger partial charge in [-0.15, -0.1) is 0 Å². The second-order valence-electron chi connectivity index (χ2n) is 6.60. The van der Waals surface area contributed by atoms with E-state index in [9.17, 15) is 13.2 Å². The zero-order valence-electron chi connectivity index (χ0n) is 14.0. The van der Waals surface area contributed by atoms with Gasteiger partial charge in [0.2, 0.25) is 10.0 Å². The van der Waals surface area contributed by atoms with Crippen LogP contribution in [0, 0.1) is 5.92 Å². The summed E-state index contributed by atoms with van der Waals surface area (Å²) in [6.07, 6.45) is 3.25. The minimum atomic E-state index is -3.09. The topological polar surface area (TPSA) is 79.8 Å². The van der Waals surface area contributed by atoms with Crippen LogP contribution in [0.15, 0.2) is 18.2 Å². The number of rotatable bonds is 4. The molecule has 1 amide bonds. The average Bonchev–Trinajstić information content (AvgIpc) is 2.86. The minimum absolute atomic E-state index is 0.122. The van der Waals surface area contributed by atoms with Crippen molar-refractivity contribution in [2.45, 2.75) is 32.3 Å². The summed E-state index contributed by atoms with van der Waals surface area (Å²) in [6, 6.07) is 5.67. The van der Waals surface area contributed by atoms with E-state index in [0.717, 1.165) is 25.0 Å². The molecule has 2 aliphatic heterocycles. The summed E-state index contributed by atoms with van der Waals surface area (Å²) in [4.78, 5) is 18.0. The van der Waals surface area contributed by atoms with Gasteiger partial charge in [0.15, 0.2) is 0 Å². The summed E-state index contributed by atoms with van der Waals surface area (Å²) >= 11 is 0. The van der Waals surface area contributed by atoms with E-state index in [1.54, 1.807) is 4.90 Å². The number of carbonyl (C=O) groups is 1. The molecule has 0 N–H and O–H groups in total. The van der Waals surface area contributed by atoms with Crippen molar-refractivity contribution in [1.82, 2.24) is 9.29 Å². The van der Waals surface area contributed by atoms with Gasteiger partial charge in [-0.2, -0.15) is 0 Å². The van der Waals surface area contributed by atoms with Gasteiger partial charge >= 0.3 is 6.09 Å². The Bertz CT molecular complexity index is 714. The molecule has 2 aliphatic rings. The molecule has 3 rings (SSSR count). The van der Waals surface area contributed by atoms with Crippen molar-refractivity contribution in [3.63, 3.8) is 0 Å². The molecule has 0 radical (unpaired) electrons. The molecule has 0 saturated carbocycles. The van der Waals surface area contributed by atoms with Gasteiger partial charge in [-0.05, 0) is 44.2 Å². The van der Waals surface area contributed by atoms with Gasteiger partial charge in [0, 0.05) is 18.8 Å². The molecule has 1 aromatic rings. The first-order chi connectivity index (χ1) is 11.3. The van der Waals surface area contributed by atoms with Crippen molar-refractivity contribution in [3.05, 3.63) is 23.9 Å². The zero-order chi connectivity index (χ0) is 17.3. The lowest BCUT2D eigenvalue weighted by atomic mass is 9.93. The third-order valence-electron chi connectivity index (χ3n) is 4.57. The number of piperidine rings is 1. The molecule has 0 bridgehead atoms. The lowest BCUT2D eigenvalue weighted by molar-refractivity contribution is 0.150. The normalized spacial score (nSPS) is 23.5. The SMILES string of the molecule is C[C@H]1CN(c2cccc(CC3CCN(S(C)(=O)=O)CC3)n2)C(=O)O1. The Labute approximate surface area is 142 Å². The molecule has 24 heavy (non-hydrogen) atoms. The Hall–Kier alpha value is -1.67. The van der Waals surface area contributed by atoms with Gasteiger partial charge in [0.05, 0.1) is 12.8 Å². The van der Waals surface area contributed by atoms with Crippen LogP contribution in [0.4, 0.5) is 10.6 Å². The van der Waals surface area contributed by atoms with Gasteiger partial charge in [0.1, 0.15) is 11.9 Å². The number of hydrogen-bond acceptors (Lipinski definition) is 5. The molecule has 0 aliphatic carbocycles. The Morgan fingerprint density at radius 3 is 2.58 bits per heavy atom. The van der Waals surface area contributed by atoms with Gasteiger partial charge in [-0.1, -0.05) is 6.07 Å². The Morgan fingerprint density at radius 1 is 1.29 bits per heavy atom. The highest BCUT2D eigenvalue weighted by Crippen LogP contribution is 2.24. The molecular weight excluding hydrogens is 330 g/mol. The van der Waals surface area contributed by atoms with Crippen LogP contribution >= 0.6 is 0 Å². The number of anilines is 1. The predicted octanol–water partition coefficient (Wildman–Crippen LogP) is 1.64. The predicted molar refractivity (Wildman–Crippen MR) is 90.4 cm³/mol. The molecule has 1 aromatic heterocycles. The van der Waals surface area contributed by atoms with E-state index in [-0.39, 0.29) is 12.2 Å². The molecule has 7 nitrogen and oxygen atoms in total. The zero-order valence-corrected chi connectivity index (χ0v) is 14.8. The molecule has 8 heteroatoms. The van der Waals surface area contributed by atoms with Crippen molar-refractivity contribution in [3.8, 4) is 0 Å². The van der Waals surface area contributed by atoms with Gasteiger partial charge < -0.3 is 4.74 Å². The highest BCUT2D eigenvalue weighted by Gasteiger charge is 2.30. The summed E-state index contributed by atoms with van der Waals surface area (Å²) < 4.78 is 29.8. The van der Waals surface area contributed by atoms with Crippen LogP contribution in [0.1, 0.15) is 25.5 Å². The number of cyclic esters (lactones) is 1. The Morgan fingerprint density at radius 2 is 2.00 bits per heavy atom. The van der Waals surface area contributed by atoms with Gasteiger partial charge in [-0.3, -0.25) is 4.90 Å². The first-order valence-electron chi connectivity index (χ1n) is 8.22. The Kier molecular flexibility index (Phi) is 4.78. The first kappa shape index (κ1) is 17.2. The third-order valence-corrected chi connectivity index (χ3v) is 5.87. The third kappa shape index (κ3) is 3.87. The monoisotopic (exact) mass is 353 g/mol. The summed E-state index contributed by atoms with van der Waals surface area (Å²) in [6.45, 7) is 3.51. The van der Waals surface area contributed by atoms with Crippen LogP contribution in [0.5, 0.6) is 0 Å². The molecule has 0 aromatic carbocycles. The molecule has 3 heterocycles. The van der Waals surface area contributed by atoms with Crippen molar-refractivity contribution in [1.29, 1.82) is 0 Å². The molecule has 1 atom stereocenters. The van der Waals surface area contributed by atoms with Crippen LogP contribution in [0.2, 0.25) is 0 Å². The molecule has 2 saturated heterocycles. The van der Waals surface area contributed by atoms with E-state index in [2.05, 4.69) is 4.98 Å². The van der Waals surface area contributed by atoms with E-state index < -0.39 is 10.0 Å². The molecule has 0 spiro atoms. The van der Waals surface area contributed by atoms with Crippen molar-refractivity contribution >= 4 is 21.9 Å². The smallest absolute Gasteiger partial charge is 0.415 e. The second kappa shape index (κ2) is 6.68. The van der Waals surface area contributed by atoms with E-state index >= 15 is 0 Å². The van der Waals surface area contributed by atoms with Crippen LogP contribution < -0.4 is 4.90 Å². The quantitative estimate of drug-likeness (QED) is 0.822. The fourth-order valence-corrected chi connectivity index (χ4v) is 4.14. The molecular formula is C16H23N3O4S. The number of sulfonamides is 1. The van der Waals surface area contributed by atoms with Gasteiger partial charge in [-0.25, -0.2) is 22.5 Å². The summed E-state index contributed by atoms with van der Waals surface area (Å²) in [7, 11) is -3.09. The lowest BCUT2D eigenvalue weighted by Crippen LogP contribution is -2.38. The number of aromatic nitrogens is 1.